The van der Waals surface area contributed by atoms with Gasteiger partial charge in [-0.3, -0.25) is 10.1 Å². The SMILES string of the molecule is CCNCc1cn[nH]c1S(=O)(=O)N(C)Cc1ccccn1. The van der Waals surface area contributed by atoms with E-state index in [0.29, 0.717) is 17.8 Å². The minimum Gasteiger partial charge on any atom is -0.313 e. The van der Waals surface area contributed by atoms with Gasteiger partial charge in [0.1, 0.15) is 0 Å². The molecule has 2 aromatic rings. The largest absolute Gasteiger partial charge is 0.313 e. The second kappa shape index (κ2) is 6.79. The molecule has 0 amide bonds. The summed E-state index contributed by atoms with van der Waals surface area (Å²) < 4.78 is 26.4. The second-order valence-corrected chi connectivity index (χ2v) is 6.57. The van der Waals surface area contributed by atoms with Crippen molar-refractivity contribution >= 4 is 10.0 Å². The fourth-order valence-electron chi connectivity index (χ4n) is 1.87. The van der Waals surface area contributed by atoms with Crippen LogP contribution in [0.5, 0.6) is 0 Å². The van der Waals surface area contributed by atoms with Gasteiger partial charge in [-0.25, -0.2) is 8.42 Å². The molecular formula is C13H19N5O2S. The Morgan fingerprint density at radius 3 is 2.86 bits per heavy atom. The van der Waals surface area contributed by atoms with Crippen molar-refractivity contribution in [2.75, 3.05) is 13.6 Å². The molecule has 21 heavy (non-hydrogen) atoms. The summed E-state index contributed by atoms with van der Waals surface area (Å²) >= 11 is 0. The molecule has 0 saturated carbocycles. The van der Waals surface area contributed by atoms with Gasteiger partial charge in [0, 0.05) is 25.4 Å². The summed E-state index contributed by atoms with van der Waals surface area (Å²) in [6.07, 6.45) is 3.17. The smallest absolute Gasteiger partial charge is 0.260 e. The lowest BCUT2D eigenvalue weighted by atomic mass is 10.3. The van der Waals surface area contributed by atoms with Gasteiger partial charge < -0.3 is 5.32 Å². The first-order valence-corrected chi connectivity index (χ1v) is 8.09. The average Bonchev–Trinajstić information content (AvgIpc) is 2.95. The van der Waals surface area contributed by atoms with E-state index in [0.717, 1.165) is 6.54 Å². The molecular weight excluding hydrogens is 290 g/mol. The molecule has 7 nitrogen and oxygen atoms in total. The summed E-state index contributed by atoms with van der Waals surface area (Å²) in [5.41, 5.74) is 1.32. The van der Waals surface area contributed by atoms with Crippen LogP contribution >= 0.6 is 0 Å². The highest BCUT2D eigenvalue weighted by Crippen LogP contribution is 2.17. The molecule has 0 aromatic carbocycles. The number of aromatic nitrogens is 3. The second-order valence-electron chi connectivity index (χ2n) is 4.59. The Balaban J connectivity index is 2.19. The van der Waals surface area contributed by atoms with E-state index < -0.39 is 10.0 Å². The van der Waals surface area contributed by atoms with E-state index in [-0.39, 0.29) is 11.6 Å². The van der Waals surface area contributed by atoms with Crippen LogP contribution in [-0.2, 0) is 23.1 Å². The third-order valence-corrected chi connectivity index (χ3v) is 4.84. The molecule has 8 heteroatoms. The zero-order chi connectivity index (χ0) is 15.3. The Hall–Kier alpha value is -1.77. The van der Waals surface area contributed by atoms with Crippen LogP contribution in [0.4, 0.5) is 0 Å². The van der Waals surface area contributed by atoms with Crippen LogP contribution in [0.2, 0.25) is 0 Å². The molecule has 2 N–H and O–H groups in total. The molecule has 0 aliphatic rings. The van der Waals surface area contributed by atoms with E-state index in [1.165, 1.54) is 17.5 Å². The number of rotatable bonds is 7. The normalized spacial score (nSPS) is 12.0. The summed E-state index contributed by atoms with van der Waals surface area (Å²) in [7, 11) is -2.09. The van der Waals surface area contributed by atoms with Gasteiger partial charge in [-0.2, -0.15) is 9.40 Å². The number of aromatic amines is 1. The molecule has 0 aliphatic heterocycles. The molecule has 0 bridgehead atoms. The Labute approximate surface area is 124 Å². The van der Waals surface area contributed by atoms with Crippen molar-refractivity contribution in [1.82, 2.24) is 24.8 Å². The van der Waals surface area contributed by atoms with Gasteiger partial charge in [0.25, 0.3) is 10.0 Å². The molecule has 0 spiro atoms. The summed E-state index contributed by atoms with van der Waals surface area (Å²) in [5.74, 6) is 0. The third-order valence-electron chi connectivity index (χ3n) is 3.02. The lowest BCUT2D eigenvalue weighted by Gasteiger charge is -2.16. The standard InChI is InChI=1S/C13H19N5O2S/c1-3-14-8-11-9-16-17-13(11)21(19,20)18(2)10-12-6-4-5-7-15-12/h4-7,9,14H,3,8,10H2,1-2H3,(H,16,17). The van der Waals surface area contributed by atoms with E-state index >= 15 is 0 Å². The lowest BCUT2D eigenvalue weighted by molar-refractivity contribution is 0.458. The predicted octanol–water partition coefficient (Wildman–Crippen LogP) is 0.735. The van der Waals surface area contributed by atoms with Crippen LogP contribution in [0.1, 0.15) is 18.2 Å². The molecule has 114 valence electrons. The van der Waals surface area contributed by atoms with E-state index in [1.54, 1.807) is 18.3 Å². The van der Waals surface area contributed by atoms with E-state index in [4.69, 9.17) is 0 Å². The van der Waals surface area contributed by atoms with Crippen LogP contribution in [-0.4, -0.2) is 41.5 Å². The average molecular weight is 309 g/mol. The molecule has 2 rings (SSSR count). The molecule has 0 fully saturated rings. The molecule has 2 aromatic heterocycles. The van der Waals surface area contributed by atoms with Gasteiger partial charge in [0.2, 0.25) is 0 Å². The maximum absolute atomic E-state index is 12.6. The van der Waals surface area contributed by atoms with Crippen LogP contribution in [0.15, 0.2) is 35.6 Å². The number of pyridine rings is 1. The third kappa shape index (κ3) is 3.66. The highest BCUT2D eigenvalue weighted by molar-refractivity contribution is 7.89. The Morgan fingerprint density at radius 1 is 1.38 bits per heavy atom. The van der Waals surface area contributed by atoms with Gasteiger partial charge in [-0.1, -0.05) is 13.0 Å². The number of hydrogen-bond acceptors (Lipinski definition) is 5. The maximum Gasteiger partial charge on any atom is 0.260 e. The molecule has 0 atom stereocenters. The maximum atomic E-state index is 12.6. The number of H-pyrrole nitrogens is 1. The van der Waals surface area contributed by atoms with Crippen molar-refractivity contribution < 1.29 is 8.42 Å². The van der Waals surface area contributed by atoms with E-state index in [9.17, 15) is 8.42 Å². The zero-order valence-electron chi connectivity index (χ0n) is 12.1. The molecule has 0 radical (unpaired) electrons. The van der Waals surface area contributed by atoms with Crippen LogP contribution in [0.25, 0.3) is 0 Å². The number of nitrogens with one attached hydrogen (secondary N) is 2. The number of sulfonamides is 1. The predicted molar refractivity (Wildman–Crippen MR) is 78.9 cm³/mol. The monoisotopic (exact) mass is 309 g/mol. The minimum atomic E-state index is -3.62. The van der Waals surface area contributed by atoms with Crippen molar-refractivity contribution in [2.45, 2.75) is 25.0 Å². The Bertz CT molecular complexity index is 669. The quantitative estimate of drug-likeness (QED) is 0.787. The fraction of sp³-hybridized carbons (Fsp3) is 0.385. The molecule has 0 unspecified atom stereocenters. The van der Waals surface area contributed by atoms with E-state index in [1.807, 2.05) is 13.0 Å². The van der Waals surface area contributed by atoms with Crippen molar-refractivity contribution in [1.29, 1.82) is 0 Å². The van der Waals surface area contributed by atoms with E-state index in [2.05, 4.69) is 20.5 Å². The van der Waals surface area contributed by atoms with Gasteiger partial charge >= 0.3 is 0 Å². The van der Waals surface area contributed by atoms with Crippen molar-refractivity contribution in [3.63, 3.8) is 0 Å². The summed E-state index contributed by atoms with van der Waals surface area (Å²) in [5, 5.41) is 9.65. The first-order chi connectivity index (χ1) is 10.1. The highest BCUT2D eigenvalue weighted by Gasteiger charge is 2.26. The van der Waals surface area contributed by atoms with Crippen molar-refractivity contribution in [3.05, 3.63) is 41.9 Å². The van der Waals surface area contributed by atoms with Gasteiger partial charge in [-0.05, 0) is 18.7 Å². The summed E-state index contributed by atoms with van der Waals surface area (Å²) in [4.78, 5) is 4.14. The first kappa shape index (κ1) is 15.6. The van der Waals surface area contributed by atoms with Crippen LogP contribution in [0, 0.1) is 0 Å². The topological polar surface area (TPSA) is 91.0 Å². The molecule has 0 saturated heterocycles. The van der Waals surface area contributed by atoms with Crippen molar-refractivity contribution in [2.24, 2.45) is 0 Å². The van der Waals surface area contributed by atoms with Crippen LogP contribution in [0.3, 0.4) is 0 Å². The fourth-order valence-corrected chi connectivity index (χ4v) is 3.11. The lowest BCUT2D eigenvalue weighted by Crippen LogP contribution is -2.28. The zero-order valence-corrected chi connectivity index (χ0v) is 12.9. The summed E-state index contributed by atoms with van der Waals surface area (Å²) in [6.45, 7) is 3.39. The molecule has 2 heterocycles. The van der Waals surface area contributed by atoms with Gasteiger partial charge in [0.15, 0.2) is 5.03 Å². The van der Waals surface area contributed by atoms with Crippen molar-refractivity contribution in [3.8, 4) is 0 Å². The highest BCUT2D eigenvalue weighted by atomic mass is 32.2. The minimum absolute atomic E-state index is 0.127. The van der Waals surface area contributed by atoms with Crippen LogP contribution < -0.4 is 5.32 Å². The Morgan fingerprint density at radius 2 is 2.19 bits per heavy atom. The number of hydrogen-bond donors (Lipinski definition) is 2. The molecule has 0 aliphatic carbocycles. The Kier molecular flexibility index (Phi) is 5.05. The summed E-state index contributed by atoms with van der Waals surface area (Å²) in [6, 6.07) is 5.41. The first-order valence-electron chi connectivity index (χ1n) is 6.65. The number of nitrogens with zero attached hydrogens (tertiary/aromatic N) is 3. The van der Waals surface area contributed by atoms with Gasteiger partial charge in [-0.15, -0.1) is 0 Å². The van der Waals surface area contributed by atoms with Gasteiger partial charge in [0.05, 0.1) is 18.4 Å².